The quantitative estimate of drug-likeness (QED) is 0.677. The van der Waals surface area contributed by atoms with Gasteiger partial charge in [0.25, 0.3) is 0 Å². The average molecular weight is 200 g/mol. The van der Waals surface area contributed by atoms with Crippen LogP contribution in [0.4, 0.5) is 0 Å². The predicted molar refractivity (Wildman–Crippen MR) is 45.6 cm³/mol. The number of carbonyl (C=O) groups is 1. The van der Waals surface area contributed by atoms with E-state index in [0.29, 0.717) is 12.4 Å². The Morgan fingerprint density at radius 2 is 2.43 bits per heavy atom. The summed E-state index contributed by atoms with van der Waals surface area (Å²) < 4.78 is 9.84. The van der Waals surface area contributed by atoms with Crippen LogP contribution in [-0.4, -0.2) is 27.8 Å². The van der Waals surface area contributed by atoms with E-state index in [-0.39, 0.29) is 18.9 Å². The highest BCUT2D eigenvalue weighted by atomic mass is 16.5. The zero-order valence-electron chi connectivity index (χ0n) is 7.89. The van der Waals surface area contributed by atoms with Crippen LogP contribution in [0.25, 0.3) is 0 Å². The average Bonchev–Trinajstić information content (AvgIpc) is 2.52. The van der Waals surface area contributed by atoms with E-state index in [1.165, 1.54) is 0 Å². The highest BCUT2D eigenvalue weighted by molar-refractivity contribution is 5.68. The van der Waals surface area contributed by atoms with Crippen LogP contribution >= 0.6 is 0 Å². The molecule has 1 heterocycles. The fourth-order valence-corrected chi connectivity index (χ4v) is 0.858. The summed E-state index contributed by atoms with van der Waals surface area (Å²) in [5.74, 6) is -0.503. The number of aromatic nitrogens is 2. The molecular weight excluding hydrogens is 188 g/mol. The van der Waals surface area contributed by atoms with Crippen LogP contribution in [-0.2, 0) is 22.6 Å². The topological polar surface area (TPSA) is 85.5 Å². The molecule has 0 saturated heterocycles. The molecular formula is C8H12N2O4. The molecule has 0 bridgehead atoms. The lowest BCUT2D eigenvalue weighted by molar-refractivity contribution is -0.136. The fourth-order valence-electron chi connectivity index (χ4n) is 0.858. The second-order valence-corrected chi connectivity index (χ2v) is 2.73. The van der Waals surface area contributed by atoms with Crippen molar-refractivity contribution in [2.75, 3.05) is 6.61 Å². The molecule has 6 nitrogen and oxygen atoms in total. The molecule has 0 aromatic carbocycles. The molecule has 0 radical (unpaired) electrons. The molecule has 78 valence electrons. The maximum absolute atomic E-state index is 10.3. The second kappa shape index (κ2) is 5.33. The van der Waals surface area contributed by atoms with Gasteiger partial charge in [-0.2, -0.15) is 4.98 Å². The number of nitrogens with zero attached hydrogens (tertiary/aromatic N) is 2. The lowest BCUT2D eigenvalue weighted by Gasteiger charge is -1.95. The largest absolute Gasteiger partial charge is 0.481 e. The van der Waals surface area contributed by atoms with Crippen molar-refractivity contribution in [1.82, 2.24) is 10.1 Å². The zero-order valence-corrected chi connectivity index (χ0v) is 7.89. The minimum Gasteiger partial charge on any atom is -0.481 e. The summed E-state index contributed by atoms with van der Waals surface area (Å²) in [6.07, 6.45) is 0.667. The Balaban J connectivity index is 2.38. The van der Waals surface area contributed by atoms with Crippen LogP contribution in [0, 0.1) is 0 Å². The number of carboxylic acid groups (broad SMARTS) is 1. The van der Waals surface area contributed by atoms with Crippen LogP contribution < -0.4 is 0 Å². The van der Waals surface area contributed by atoms with Crippen LogP contribution in [0.2, 0.25) is 0 Å². The molecule has 0 unspecified atom stereocenters. The van der Waals surface area contributed by atoms with E-state index in [2.05, 4.69) is 14.7 Å². The molecule has 0 atom stereocenters. The van der Waals surface area contributed by atoms with Gasteiger partial charge in [-0.15, -0.1) is 0 Å². The number of hydrogen-bond donors (Lipinski definition) is 1. The van der Waals surface area contributed by atoms with E-state index >= 15 is 0 Å². The number of rotatable bonds is 6. The Kier molecular flexibility index (Phi) is 4.06. The minimum atomic E-state index is -0.991. The Hall–Kier alpha value is -1.43. The van der Waals surface area contributed by atoms with Gasteiger partial charge in [-0.3, -0.25) is 4.79 Å². The Labute approximate surface area is 80.9 Å². The smallest absolute Gasteiger partial charge is 0.312 e. The molecule has 0 saturated carbocycles. The van der Waals surface area contributed by atoms with Crippen molar-refractivity contribution in [3.63, 3.8) is 0 Å². The van der Waals surface area contributed by atoms with Gasteiger partial charge in [0.15, 0.2) is 5.82 Å². The number of ether oxygens (including phenoxy) is 1. The van der Waals surface area contributed by atoms with Gasteiger partial charge in [0.1, 0.15) is 13.0 Å². The van der Waals surface area contributed by atoms with Crippen LogP contribution in [0.3, 0.4) is 0 Å². The normalized spacial score (nSPS) is 10.4. The Morgan fingerprint density at radius 3 is 3.07 bits per heavy atom. The van der Waals surface area contributed by atoms with E-state index in [1.54, 1.807) is 0 Å². The SMILES string of the molecule is CCCOCc1noc(CC(=O)O)n1. The highest BCUT2D eigenvalue weighted by Crippen LogP contribution is 2.00. The van der Waals surface area contributed by atoms with E-state index < -0.39 is 5.97 Å². The maximum atomic E-state index is 10.3. The second-order valence-electron chi connectivity index (χ2n) is 2.73. The van der Waals surface area contributed by atoms with Gasteiger partial charge in [-0.1, -0.05) is 12.1 Å². The standard InChI is InChI=1S/C8H12N2O4/c1-2-3-13-5-6-9-7(14-10-6)4-8(11)12/h2-5H2,1H3,(H,11,12). The molecule has 0 fully saturated rings. The third-order valence-electron chi connectivity index (χ3n) is 1.39. The molecule has 0 spiro atoms. The maximum Gasteiger partial charge on any atom is 0.312 e. The van der Waals surface area contributed by atoms with Gasteiger partial charge in [0.05, 0.1) is 0 Å². The van der Waals surface area contributed by atoms with Crippen LogP contribution in [0.5, 0.6) is 0 Å². The lowest BCUT2D eigenvalue weighted by atomic mass is 10.4. The van der Waals surface area contributed by atoms with Crippen molar-refractivity contribution in [1.29, 1.82) is 0 Å². The summed E-state index contributed by atoms with van der Waals surface area (Å²) in [5.41, 5.74) is 0. The van der Waals surface area contributed by atoms with E-state index in [0.717, 1.165) is 6.42 Å². The fraction of sp³-hybridized carbons (Fsp3) is 0.625. The first-order valence-corrected chi connectivity index (χ1v) is 4.33. The predicted octanol–water partition coefficient (Wildman–Crippen LogP) is 0.623. The summed E-state index contributed by atoms with van der Waals surface area (Å²) in [6, 6.07) is 0. The first-order valence-electron chi connectivity index (χ1n) is 4.33. The van der Waals surface area contributed by atoms with E-state index in [1.807, 2.05) is 6.92 Å². The third-order valence-corrected chi connectivity index (χ3v) is 1.39. The number of carboxylic acids is 1. The molecule has 1 rings (SSSR count). The molecule has 6 heteroatoms. The van der Waals surface area contributed by atoms with Crippen molar-refractivity contribution in [2.45, 2.75) is 26.4 Å². The van der Waals surface area contributed by atoms with Crippen molar-refractivity contribution in [3.05, 3.63) is 11.7 Å². The summed E-state index contributed by atoms with van der Waals surface area (Å²) in [5, 5.41) is 12.0. The van der Waals surface area contributed by atoms with Crippen molar-refractivity contribution >= 4 is 5.97 Å². The molecule has 0 aliphatic carbocycles. The van der Waals surface area contributed by atoms with Gasteiger partial charge in [0.2, 0.25) is 5.89 Å². The zero-order chi connectivity index (χ0) is 10.4. The first kappa shape index (κ1) is 10.6. The molecule has 1 aromatic heterocycles. The van der Waals surface area contributed by atoms with E-state index in [4.69, 9.17) is 9.84 Å². The number of hydrogen-bond acceptors (Lipinski definition) is 5. The Bertz CT molecular complexity index is 297. The first-order chi connectivity index (χ1) is 6.72. The van der Waals surface area contributed by atoms with Crippen molar-refractivity contribution < 1.29 is 19.2 Å². The lowest BCUT2D eigenvalue weighted by Crippen LogP contribution is -2.01. The summed E-state index contributed by atoms with van der Waals surface area (Å²) in [6.45, 7) is 2.88. The highest BCUT2D eigenvalue weighted by Gasteiger charge is 2.09. The summed E-state index contributed by atoms with van der Waals surface area (Å²) in [4.78, 5) is 14.1. The van der Waals surface area contributed by atoms with Crippen molar-refractivity contribution in [2.24, 2.45) is 0 Å². The van der Waals surface area contributed by atoms with Crippen LogP contribution in [0.15, 0.2) is 4.52 Å². The molecule has 0 aliphatic heterocycles. The third kappa shape index (κ3) is 3.53. The van der Waals surface area contributed by atoms with Gasteiger partial charge in [-0.25, -0.2) is 0 Å². The molecule has 1 aromatic rings. The summed E-state index contributed by atoms with van der Waals surface area (Å²) in [7, 11) is 0. The van der Waals surface area contributed by atoms with Crippen molar-refractivity contribution in [3.8, 4) is 0 Å². The van der Waals surface area contributed by atoms with Gasteiger partial charge >= 0.3 is 5.97 Å². The van der Waals surface area contributed by atoms with E-state index in [9.17, 15) is 4.79 Å². The van der Waals surface area contributed by atoms with Gasteiger partial charge in [-0.05, 0) is 6.42 Å². The molecule has 0 amide bonds. The summed E-state index contributed by atoms with van der Waals surface area (Å²) >= 11 is 0. The molecule has 14 heavy (non-hydrogen) atoms. The molecule has 0 aliphatic rings. The van der Waals surface area contributed by atoms with Gasteiger partial charge in [0, 0.05) is 6.61 Å². The number of aliphatic carboxylic acids is 1. The monoisotopic (exact) mass is 200 g/mol. The van der Waals surface area contributed by atoms with Crippen LogP contribution in [0.1, 0.15) is 25.1 Å². The minimum absolute atomic E-state index is 0.104. The Morgan fingerprint density at radius 1 is 1.64 bits per heavy atom. The molecule has 1 N–H and O–H groups in total. The van der Waals surface area contributed by atoms with Gasteiger partial charge < -0.3 is 14.4 Å².